The summed E-state index contributed by atoms with van der Waals surface area (Å²) in [6, 6.07) is 4.74. The van der Waals surface area contributed by atoms with E-state index in [1.54, 1.807) is 23.9 Å². The second-order valence-corrected chi connectivity index (χ2v) is 6.48. The Labute approximate surface area is 116 Å². The van der Waals surface area contributed by atoms with E-state index in [4.69, 9.17) is 11.6 Å². The lowest BCUT2D eigenvalue weighted by atomic mass is 10.1. The van der Waals surface area contributed by atoms with Crippen LogP contribution in [0.1, 0.15) is 19.4 Å². The van der Waals surface area contributed by atoms with Crippen LogP contribution in [0, 0.1) is 10.1 Å². The summed E-state index contributed by atoms with van der Waals surface area (Å²) in [7, 11) is 0. The zero-order chi connectivity index (χ0) is 13.8. The van der Waals surface area contributed by atoms with Crippen LogP contribution in [0.15, 0.2) is 18.2 Å². The van der Waals surface area contributed by atoms with E-state index < -0.39 is 4.92 Å². The van der Waals surface area contributed by atoms with Crippen LogP contribution in [-0.4, -0.2) is 22.5 Å². The molecule has 0 amide bonds. The molecule has 0 heterocycles. The quantitative estimate of drug-likeness (QED) is 0.643. The van der Waals surface area contributed by atoms with E-state index >= 15 is 0 Å². The van der Waals surface area contributed by atoms with Gasteiger partial charge in [0.25, 0.3) is 5.69 Å². The molecule has 4 nitrogen and oxygen atoms in total. The van der Waals surface area contributed by atoms with Gasteiger partial charge in [-0.2, -0.15) is 11.8 Å². The molecule has 0 bridgehead atoms. The number of nitrogens with zero attached hydrogens (tertiary/aromatic N) is 1. The van der Waals surface area contributed by atoms with Gasteiger partial charge in [0, 0.05) is 23.9 Å². The van der Waals surface area contributed by atoms with Crippen LogP contribution in [-0.2, 0) is 6.54 Å². The number of nitrogens with one attached hydrogen (secondary N) is 1. The van der Waals surface area contributed by atoms with Gasteiger partial charge in [0.05, 0.1) is 15.5 Å². The molecule has 1 rings (SSSR count). The number of nitro groups is 1. The van der Waals surface area contributed by atoms with Gasteiger partial charge in [-0.25, -0.2) is 0 Å². The monoisotopic (exact) mass is 288 g/mol. The Morgan fingerprint density at radius 3 is 2.72 bits per heavy atom. The molecule has 1 aromatic rings. The Morgan fingerprint density at radius 1 is 1.50 bits per heavy atom. The third kappa shape index (κ3) is 4.15. The highest BCUT2D eigenvalue weighted by Crippen LogP contribution is 2.26. The predicted molar refractivity (Wildman–Crippen MR) is 77.4 cm³/mol. The minimum atomic E-state index is -0.400. The molecule has 0 aliphatic heterocycles. The summed E-state index contributed by atoms with van der Waals surface area (Å²) in [5, 5.41) is 14.6. The van der Waals surface area contributed by atoms with Gasteiger partial charge in [0.2, 0.25) is 0 Å². The lowest BCUT2D eigenvalue weighted by molar-refractivity contribution is -0.385. The van der Waals surface area contributed by atoms with Crippen molar-refractivity contribution in [3.05, 3.63) is 38.9 Å². The molecule has 0 radical (unpaired) electrons. The Kier molecular flexibility index (Phi) is 5.44. The molecular formula is C12H17ClN2O2S. The van der Waals surface area contributed by atoms with E-state index in [1.807, 2.05) is 6.26 Å². The van der Waals surface area contributed by atoms with Crippen molar-refractivity contribution < 1.29 is 4.92 Å². The summed E-state index contributed by atoms with van der Waals surface area (Å²) >= 11 is 7.76. The van der Waals surface area contributed by atoms with Crippen LogP contribution < -0.4 is 5.32 Å². The zero-order valence-corrected chi connectivity index (χ0v) is 12.3. The van der Waals surface area contributed by atoms with Crippen molar-refractivity contribution >= 4 is 29.1 Å². The molecule has 0 unspecified atom stereocenters. The first-order valence-electron chi connectivity index (χ1n) is 5.55. The fourth-order valence-corrected chi connectivity index (χ4v) is 1.94. The standard InChI is InChI=1S/C12H17ClN2O2S/c1-12(2,18-3)8-14-7-9-10(13)5-4-6-11(9)15(16)17/h4-6,14H,7-8H2,1-3H3. The zero-order valence-electron chi connectivity index (χ0n) is 10.7. The molecule has 100 valence electrons. The first-order chi connectivity index (χ1) is 8.37. The normalized spacial score (nSPS) is 11.6. The van der Waals surface area contributed by atoms with Gasteiger partial charge in [-0.15, -0.1) is 0 Å². The second-order valence-electron chi connectivity index (χ2n) is 4.56. The highest BCUT2D eigenvalue weighted by molar-refractivity contribution is 7.99. The Morgan fingerprint density at radius 2 is 2.17 bits per heavy atom. The van der Waals surface area contributed by atoms with Crippen LogP contribution >= 0.6 is 23.4 Å². The maximum absolute atomic E-state index is 10.9. The molecule has 0 fully saturated rings. The second kappa shape index (κ2) is 6.41. The van der Waals surface area contributed by atoms with Crippen molar-refractivity contribution in [2.45, 2.75) is 25.1 Å². The van der Waals surface area contributed by atoms with Crippen LogP contribution in [0.3, 0.4) is 0 Å². The van der Waals surface area contributed by atoms with Crippen LogP contribution in [0.2, 0.25) is 5.02 Å². The largest absolute Gasteiger partial charge is 0.311 e. The van der Waals surface area contributed by atoms with Gasteiger partial charge in [0.1, 0.15) is 0 Å². The SMILES string of the molecule is CSC(C)(C)CNCc1c(Cl)cccc1[N+](=O)[O-]. The van der Waals surface area contributed by atoms with Crippen LogP contribution in [0.4, 0.5) is 5.69 Å². The van der Waals surface area contributed by atoms with Crippen molar-refractivity contribution in [3.8, 4) is 0 Å². The molecule has 0 saturated carbocycles. The summed E-state index contributed by atoms with van der Waals surface area (Å²) in [5.74, 6) is 0. The van der Waals surface area contributed by atoms with Gasteiger partial charge in [-0.05, 0) is 26.2 Å². The number of thioether (sulfide) groups is 1. The predicted octanol–water partition coefficient (Wildman–Crippen LogP) is 3.48. The summed E-state index contributed by atoms with van der Waals surface area (Å²) in [5.41, 5.74) is 0.609. The van der Waals surface area contributed by atoms with Crippen LogP contribution in [0.25, 0.3) is 0 Å². The molecule has 0 atom stereocenters. The molecule has 6 heteroatoms. The fourth-order valence-electron chi connectivity index (χ4n) is 1.45. The third-order valence-electron chi connectivity index (χ3n) is 2.70. The third-order valence-corrected chi connectivity index (χ3v) is 4.30. The van der Waals surface area contributed by atoms with Crippen molar-refractivity contribution in [2.24, 2.45) is 0 Å². The highest BCUT2D eigenvalue weighted by Gasteiger charge is 2.19. The molecule has 0 aliphatic rings. The lowest BCUT2D eigenvalue weighted by Crippen LogP contribution is -2.31. The number of nitro benzene ring substituents is 1. The molecule has 1 N–H and O–H groups in total. The summed E-state index contributed by atoms with van der Waals surface area (Å²) < 4.78 is 0.0933. The minimum absolute atomic E-state index is 0.0666. The summed E-state index contributed by atoms with van der Waals surface area (Å²) in [6.45, 7) is 5.40. The summed E-state index contributed by atoms with van der Waals surface area (Å²) in [4.78, 5) is 10.5. The Balaban J connectivity index is 2.76. The van der Waals surface area contributed by atoms with E-state index in [9.17, 15) is 10.1 Å². The highest BCUT2D eigenvalue weighted by atomic mass is 35.5. The Bertz CT molecular complexity index is 438. The molecule has 18 heavy (non-hydrogen) atoms. The van der Waals surface area contributed by atoms with Crippen molar-refractivity contribution in [1.29, 1.82) is 0 Å². The van der Waals surface area contributed by atoms with E-state index in [2.05, 4.69) is 19.2 Å². The first kappa shape index (κ1) is 15.3. The van der Waals surface area contributed by atoms with Crippen molar-refractivity contribution in [2.75, 3.05) is 12.8 Å². The molecule has 0 spiro atoms. The van der Waals surface area contributed by atoms with Crippen molar-refractivity contribution in [3.63, 3.8) is 0 Å². The molecule has 1 aromatic carbocycles. The van der Waals surface area contributed by atoms with Gasteiger partial charge in [-0.3, -0.25) is 10.1 Å². The lowest BCUT2D eigenvalue weighted by Gasteiger charge is -2.22. The van der Waals surface area contributed by atoms with Crippen LogP contribution in [0.5, 0.6) is 0 Å². The maximum atomic E-state index is 10.9. The van der Waals surface area contributed by atoms with Gasteiger partial charge < -0.3 is 5.32 Å². The van der Waals surface area contributed by atoms with E-state index in [1.165, 1.54) is 6.07 Å². The average Bonchev–Trinajstić information content (AvgIpc) is 2.30. The van der Waals surface area contributed by atoms with Gasteiger partial charge in [0.15, 0.2) is 0 Å². The smallest absolute Gasteiger partial charge is 0.275 e. The van der Waals surface area contributed by atoms with Gasteiger partial charge in [-0.1, -0.05) is 17.7 Å². The van der Waals surface area contributed by atoms with E-state index in [0.717, 1.165) is 6.54 Å². The minimum Gasteiger partial charge on any atom is -0.311 e. The van der Waals surface area contributed by atoms with Crippen molar-refractivity contribution in [1.82, 2.24) is 5.32 Å². The van der Waals surface area contributed by atoms with E-state index in [0.29, 0.717) is 17.1 Å². The number of hydrogen-bond donors (Lipinski definition) is 1. The summed E-state index contributed by atoms with van der Waals surface area (Å²) in [6.07, 6.45) is 2.04. The fraction of sp³-hybridized carbons (Fsp3) is 0.500. The molecule has 0 aliphatic carbocycles. The number of rotatable bonds is 6. The Hall–Kier alpha value is -0.780. The first-order valence-corrected chi connectivity index (χ1v) is 7.15. The maximum Gasteiger partial charge on any atom is 0.275 e. The average molecular weight is 289 g/mol. The topological polar surface area (TPSA) is 55.2 Å². The number of halogens is 1. The molecular weight excluding hydrogens is 272 g/mol. The number of hydrogen-bond acceptors (Lipinski definition) is 4. The van der Waals surface area contributed by atoms with E-state index in [-0.39, 0.29) is 10.4 Å². The molecule has 0 aromatic heterocycles. The number of benzene rings is 1. The molecule has 0 saturated heterocycles. The van der Waals surface area contributed by atoms with Gasteiger partial charge >= 0.3 is 0 Å².